The first kappa shape index (κ1) is 20.4. The van der Waals surface area contributed by atoms with E-state index in [0.717, 1.165) is 16.0 Å². The Morgan fingerprint density at radius 2 is 1.24 bits per heavy atom. The lowest BCUT2D eigenvalue weighted by Gasteiger charge is -2.42. The van der Waals surface area contributed by atoms with Crippen LogP contribution < -0.4 is 9.47 Å². The van der Waals surface area contributed by atoms with Crippen LogP contribution in [0.2, 0.25) is 0 Å². The summed E-state index contributed by atoms with van der Waals surface area (Å²) in [6, 6.07) is 13.9. The number of carbonyl (C=O) groups excluding carboxylic acids is 2. The first-order chi connectivity index (χ1) is 13.7. The molecule has 0 aliphatic carbocycles. The molecular formula is C22H24N2O5. The topological polar surface area (TPSA) is 79.3 Å². The average molecular weight is 396 g/mol. The molecule has 0 saturated carbocycles. The number of aliphatic hydroxyl groups is 1. The molecular weight excluding hydrogens is 372 g/mol. The summed E-state index contributed by atoms with van der Waals surface area (Å²) in [6.45, 7) is 1.40. The number of methoxy groups -OCH3 is 2. The maximum absolute atomic E-state index is 12.7. The van der Waals surface area contributed by atoms with Gasteiger partial charge in [0.1, 0.15) is 11.5 Å². The zero-order chi connectivity index (χ0) is 21.3. The highest BCUT2D eigenvalue weighted by Gasteiger charge is 2.49. The van der Waals surface area contributed by atoms with Gasteiger partial charge >= 0.3 is 6.03 Å². The number of imide groups is 1. The average Bonchev–Trinajstić information content (AvgIpc) is 2.74. The third-order valence-corrected chi connectivity index (χ3v) is 5.09. The number of benzene rings is 2. The Morgan fingerprint density at radius 1 is 0.828 bits per heavy atom. The van der Waals surface area contributed by atoms with Gasteiger partial charge in [-0.1, -0.05) is 24.3 Å². The molecule has 7 nitrogen and oxygen atoms in total. The van der Waals surface area contributed by atoms with Crippen molar-refractivity contribution in [2.45, 2.75) is 12.5 Å². The van der Waals surface area contributed by atoms with Crippen molar-refractivity contribution in [2.24, 2.45) is 0 Å². The monoisotopic (exact) mass is 396 g/mol. The van der Waals surface area contributed by atoms with Crippen LogP contribution in [0.5, 0.6) is 11.5 Å². The third kappa shape index (κ3) is 3.45. The number of rotatable bonds is 4. The smallest absolute Gasteiger partial charge is 0.330 e. The molecule has 29 heavy (non-hydrogen) atoms. The second-order valence-electron chi connectivity index (χ2n) is 6.96. The van der Waals surface area contributed by atoms with Crippen molar-refractivity contribution in [3.05, 3.63) is 65.4 Å². The van der Waals surface area contributed by atoms with Crippen LogP contribution >= 0.6 is 0 Å². The third-order valence-electron chi connectivity index (χ3n) is 5.09. The molecule has 1 atom stereocenters. The van der Waals surface area contributed by atoms with Crippen LogP contribution in [0.3, 0.4) is 0 Å². The lowest BCUT2D eigenvalue weighted by molar-refractivity contribution is -0.146. The van der Waals surface area contributed by atoms with Gasteiger partial charge in [0.2, 0.25) is 0 Å². The summed E-state index contributed by atoms with van der Waals surface area (Å²) < 4.78 is 10.5. The summed E-state index contributed by atoms with van der Waals surface area (Å²) in [5, 5.41) is 11.2. The zero-order valence-corrected chi connectivity index (χ0v) is 17.1. The molecule has 1 fully saturated rings. The maximum atomic E-state index is 12.7. The van der Waals surface area contributed by atoms with E-state index >= 15 is 0 Å². The number of nitrogens with zero attached hydrogens (tertiary/aromatic N) is 2. The van der Waals surface area contributed by atoms with Gasteiger partial charge < -0.3 is 14.6 Å². The fourth-order valence-electron chi connectivity index (χ4n) is 3.53. The fourth-order valence-corrected chi connectivity index (χ4v) is 3.53. The fraction of sp³-hybridized carbons (Fsp3) is 0.273. The van der Waals surface area contributed by atoms with Gasteiger partial charge in [-0.25, -0.2) is 4.79 Å². The second kappa shape index (κ2) is 7.60. The first-order valence-electron chi connectivity index (χ1n) is 9.04. The highest BCUT2D eigenvalue weighted by Crippen LogP contribution is 2.38. The van der Waals surface area contributed by atoms with Crippen molar-refractivity contribution < 1.29 is 24.2 Å². The SMILES string of the molecule is COc1ccc(C(=C2N(C)C(=O)N(C)C(=O)C2(C)O)c2ccc(OC)cc2)cc1. The van der Waals surface area contributed by atoms with Crippen LogP contribution in [-0.4, -0.2) is 60.8 Å². The molecule has 0 bridgehead atoms. The van der Waals surface area contributed by atoms with Crippen molar-refractivity contribution in [3.63, 3.8) is 0 Å². The number of hydrogen-bond acceptors (Lipinski definition) is 5. The maximum Gasteiger partial charge on any atom is 0.330 e. The molecule has 1 N–H and O–H groups in total. The Labute approximate surface area is 169 Å². The van der Waals surface area contributed by atoms with E-state index in [1.807, 2.05) is 24.3 Å². The number of carbonyl (C=O) groups is 2. The Hall–Kier alpha value is -3.32. The van der Waals surface area contributed by atoms with Gasteiger partial charge in [-0.05, 0) is 42.3 Å². The predicted molar refractivity (Wildman–Crippen MR) is 109 cm³/mol. The van der Waals surface area contributed by atoms with Gasteiger partial charge in [0, 0.05) is 19.7 Å². The summed E-state index contributed by atoms with van der Waals surface area (Å²) in [5.41, 5.74) is 0.331. The largest absolute Gasteiger partial charge is 0.497 e. The summed E-state index contributed by atoms with van der Waals surface area (Å²) in [5.74, 6) is 0.655. The number of likely N-dealkylation sites (N-methyl/N-ethyl adjacent to an activating group) is 2. The molecule has 7 heteroatoms. The van der Waals surface area contributed by atoms with Crippen LogP contribution in [0.1, 0.15) is 18.1 Å². The molecule has 0 spiro atoms. The highest BCUT2D eigenvalue weighted by molar-refractivity contribution is 6.07. The van der Waals surface area contributed by atoms with E-state index in [0.29, 0.717) is 17.1 Å². The van der Waals surface area contributed by atoms with Gasteiger partial charge in [-0.15, -0.1) is 0 Å². The molecule has 2 aromatic rings. The van der Waals surface area contributed by atoms with Gasteiger partial charge in [-0.2, -0.15) is 0 Å². The lowest BCUT2D eigenvalue weighted by atomic mass is 9.86. The molecule has 1 saturated heterocycles. The molecule has 2 aromatic carbocycles. The summed E-state index contributed by atoms with van der Waals surface area (Å²) in [7, 11) is 6.05. The molecule has 1 heterocycles. The van der Waals surface area contributed by atoms with Crippen molar-refractivity contribution in [2.75, 3.05) is 28.3 Å². The summed E-state index contributed by atoms with van der Waals surface area (Å²) in [4.78, 5) is 27.6. The minimum atomic E-state index is -1.90. The first-order valence-corrected chi connectivity index (χ1v) is 9.04. The van der Waals surface area contributed by atoms with Gasteiger partial charge in [0.15, 0.2) is 5.60 Å². The molecule has 3 rings (SSSR count). The highest BCUT2D eigenvalue weighted by atomic mass is 16.5. The molecule has 152 valence electrons. The van der Waals surface area contributed by atoms with Crippen LogP contribution in [0.15, 0.2) is 54.2 Å². The van der Waals surface area contributed by atoms with Crippen LogP contribution in [0, 0.1) is 0 Å². The van der Waals surface area contributed by atoms with E-state index in [-0.39, 0.29) is 5.70 Å². The van der Waals surface area contributed by atoms with Crippen LogP contribution in [0.4, 0.5) is 4.79 Å². The van der Waals surface area contributed by atoms with Crippen LogP contribution in [0.25, 0.3) is 5.57 Å². The van der Waals surface area contributed by atoms with Gasteiger partial charge in [0.25, 0.3) is 5.91 Å². The van der Waals surface area contributed by atoms with Crippen LogP contribution in [-0.2, 0) is 4.79 Å². The predicted octanol–water partition coefficient (Wildman–Crippen LogP) is 2.74. The Bertz CT molecular complexity index is 912. The quantitative estimate of drug-likeness (QED) is 0.860. The summed E-state index contributed by atoms with van der Waals surface area (Å²) in [6.07, 6.45) is 0. The van der Waals surface area contributed by atoms with E-state index in [4.69, 9.17) is 9.47 Å². The lowest BCUT2D eigenvalue weighted by Crippen LogP contribution is -2.61. The number of hydrogen-bond donors (Lipinski definition) is 1. The van der Waals surface area contributed by atoms with Crippen molar-refractivity contribution in [3.8, 4) is 11.5 Å². The Kier molecular flexibility index (Phi) is 5.35. The molecule has 1 aliphatic rings. The molecule has 0 aromatic heterocycles. The number of ether oxygens (including phenoxy) is 2. The normalized spacial score (nSPS) is 19.4. The number of urea groups is 1. The van der Waals surface area contributed by atoms with E-state index in [9.17, 15) is 14.7 Å². The van der Waals surface area contributed by atoms with Crippen molar-refractivity contribution in [1.82, 2.24) is 9.80 Å². The van der Waals surface area contributed by atoms with Gasteiger partial charge in [-0.3, -0.25) is 14.6 Å². The minimum absolute atomic E-state index is 0.209. The standard InChI is InChI=1S/C22H24N2O5/c1-22(27)19(23(2)21(26)24(3)20(22)25)18(14-6-10-16(28-4)11-7-14)15-8-12-17(29-5)13-9-15/h6-13,27H,1-5H3. The van der Waals surface area contributed by atoms with E-state index in [1.165, 1.54) is 18.9 Å². The Balaban J connectivity index is 2.32. The van der Waals surface area contributed by atoms with Crippen molar-refractivity contribution >= 4 is 17.5 Å². The van der Waals surface area contributed by atoms with E-state index in [1.54, 1.807) is 45.5 Å². The second-order valence-corrected chi connectivity index (χ2v) is 6.96. The number of amides is 3. The van der Waals surface area contributed by atoms with E-state index < -0.39 is 17.5 Å². The molecule has 1 aliphatic heterocycles. The van der Waals surface area contributed by atoms with Gasteiger partial charge in [0.05, 0.1) is 19.9 Å². The van der Waals surface area contributed by atoms with E-state index in [2.05, 4.69) is 0 Å². The summed E-state index contributed by atoms with van der Waals surface area (Å²) >= 11 is 0. The minimum Gasteiger partial charge on any atom is -0.497 e. The molecule has 1 unspecified atom stereocenters. The van der Waals surface area contributed by atoms with Crippen molar-refractivity contribution in [1.29, 1.82) is 0 Å². The molecule has 0 radical (unpaired) electrons. The Morgan fingerprint density at radius 3 is 1.62 bits per heavy atom. The zero-order valence-electron chi connectivity index (χ0n) is 17.1. The molecule has 3 amide bonds.